The van der Waals surface area contributed by atoms with Gasteiger partial charge in [0.05, 0.1) is 16.3 Å². The third kappa shape index (κ3) is 4.51. The van der Waals surface area contributed by atoms with E-state index in [1.165, 1.54) is 28.0 Å². The molecule has 7 rings (SSSR count). The molecular weight excluding hydrogens is 536 g/mol. The van der Waals surface area contributed by atoms with Crippen molar-refractivity contribution in [2.75, 3.05) is 0 Å². The van der Waals surface area contributed by atoms with Gasteiger partial charge in [-0.2, -0.15) is 0 Å². The smallest absolute Gasteiger partial charge is 0.271 e. The van der Waals surface area contributed by atoms with Crippen molar-refractivity contribution in [1.82, 2.24) is 4.57 Å². The lowest BCUT2D eigenvalue weighted by Crippen LogP contribution is -2.38. The van der Waals surface area contributed by atoms with E-state index in [1.807, 2.05) is 77.4 Å². The number of fused-ring (bicyclic) bond motifs is 3. The van der Waals surface area contributed by atoms with Gasteiger partial charge in [0.25, 0.3) is 5.56 Å². The van der Waals surface area contributed by atoms with Crippen LogP contribution in [0.1, 0.15) is 40.3 Å². The molecule has 1 atom stereocenters. The molecule has 0 saturated carbocycles. The van der Waals surface area contributed by atoms with E-state index in [4.69, 9.17) is 21.3 Å². The van der Waals surface area contributed by atoms with Gasteiger partial charge in [-0.25, -0.2) is 4.99 Å². The van der Waals surface area contributed by atoms with Crippen molar-refractivity contribution in [1.29, 1.82) is 0 Å². The van der Waals surface area contributed by atoms with E-state index in [2.05, 4.69) is 36.4 Å². The van der Waals surface area contributed by atoms with Crippen molar-refractivity contribution < 1.29 is 4.74 Å². The summed E-state index contributed by atoms with van der Waals surface area (Å²) in [6, 6.07) is 34.0. The zero-order valence-corrected chi connectivity index (χ0v) is 23.2. The van der Waals surface area contributed by atoms with Gasteiger partial charge in [0.2, 0.25) is 0 Å². The van der Waals surface area contributed by atoms with Crippen molar-refractivity contribution in [3.05, 3.63) is 161 Å². The van der Waals surface area contributed by atoms with Crippen LogP contribution in [0.15, 0.2) is 118 Å². The van der Waals surface area contributed by atoms with E-state index in [0.29, 0.717) is 16.2 Å². The van der Waals surface area contributed by atoms with Crippen LogP contribution >= 0.6 is 22.9 Å². The van der Waals surface area contributed by atoms with E-state index < -0.39 is 0 Å². The topological polar surface area (TPSA) is 43.6 Å². The number of hydrogen-bond acceptors (Lipinski definition) is 4. The van der Waals surface area contributed by atoms with E-state index in [0.717, 1.165) is 45.8 Å². The van der Waals surface area contributed by atoms with E-state index in [1.54, 1.807) is 0 Å². The number of thiazole rings is 1. The number of allylic oxidation sites excluding steroid dienone is 1. The van der Waals surface area contributed by atoms with Crippen LogP contribution < -0.4 is 19.6 Å². The number of nitrogens with zero attached hydrogens (tertiary/aromatic N) is 2. The quantitative estimate of drug-likeness (QED) is 0.245. The molecule has 0 N–H and O–H groups in total. The zero-order chi connectivity index (χ0) is 27.1. The second kappa shape index (κ2) is 10.4. The summed E-state index contributed by atoms with van der Waals surface area (Å²) < 4.78 is 8.69. The largest absolute Gasteiger partial charge is 0.488 e. The van der Waals surface area contributed by atoms with Crippen LogP contribution in [0.4, 0.5) is 0 Å². The fourth-order valence-corrected chi connectivity index (χ4v) is 6.69. The molecule has 1 aliphatic carbocycles. The second-order valence-corrected chi connectivity index (χ2v) is 11.4. The fourth-order valence-electron chi connectivity index (χ4n) is 5.57. The number of ether oxygens (including phenoxy) is 1. The Morgan fingerprint density at radius 2 is 1.65 bits per heavy atom. The van der Waals surface area contributed by atoms with Gasteiger partial charge in [-0.15, -0.1) is 0 Å². The summed E-state index contributed by atoms with van der Waals surface area (Å²) in [7, 11) is 0. The highest BCUT2D eigenvalue weighted by molar-refractivity contribution is 7.07. The van der Waals surface area contributed by atoms with Gasteiger partial charge in [-0.05, 0) is 59.4 Å². The number of para-hydroxylation sites is 1. The lowest BCUT2D eigenvalue weighted by molar-refractivity contribution is 0.305. The van der Waals surface area contributed by atoms with Crippen LogP contribution in [-0.2, 0) is 13.0 Å². The maximum Gasteiger partial charge on any atom is 0.271 e. The Labute approximate surface area is 240 Å². The summed E-state index contributed by atoms with van der Waals surface area (Å²) in [6.07, 6.45) is 3.75. The summed E-state index contributed by atoms with van der Waals surface area (Å²) >= 11 is 7.46. The Bertz CT molecular complexity index is 1940. The highest BCUT2D eigenvalue weighted by Gasteiger charge is 2.32. The molecule has 2 aliphatic rings. The maximum absolute atomic E-state index is 14.1. The molecule has 0 saturated heterocycles. The SMILES string of the molecule is O=c1/c(=C/c2ccccc2OCc2ccc(Cl)cc2)sc2n1[C@H](c1ccccc1)C1=C(N=2)c2ccccc2CC1. The number of benzene rings is 4. The Hall–Kier alpha value is -4.19. The fraction of sp³-hybridized carbons (Fsp3) is 0.118. The van der Waals surface area contributed by atoms with E-state index in [9.17, 15) is 4.79 Å². The first-order valence-corrected chi connectivity index (χ1v) is 14.5. The third-order valence-corrected chi connectivity index (χ3v) is 8.74. The lowest BCUT2D eigenvalue weighted by atomic mass is 9.83. The first kappa shape index (κ1) is 24.8. The molecule has 4 aromatic carbocycles. The molecule has 196 valence electrons. The van der Waals surface area contributed by atoms with Gasteiger partial charge in [0.1, 0.15) is 12.4 Å². The van der Waals surface area contributed by atoms with Crippen molar-refractivity contribution in [2.24, 2.45) is 4.99 Å². The Kier molecular flexibility index (Phi) is 6.46. The molecule has 0 fully saturated rings. The van der Waals surface area contributed by atoms with E-state index >= 15 is 0 Å². The summed E-state index contributed by atoms with van der Waals surface area (Å²) in [5.41, 5.74) is 7.63. The van der Waals surface area contributed by atoms with Crippen LogP contribution in [0.25, 0.3) is 11.8 Å². The molecule has 0 unspecified atom stereocenters. The average molecular weight is 561 g/mol. The molecule has 1 aliphatic heterocycles. The first-order chi connectivity index (χ1) is 19.7. The summed E-state index contributed by atoms with van der Waals surface area (Å²) in [4.78, 5) is 19.9. The van der Waals surface area contributed by atoms with Gasteiger partial charge in [-0.3, -0.25) is 9.36 Å². The molecule has 0 spiro atoms. The molecule has 40 heavy (non-hydrogen) atoms. The average Bonchev–Trinajstić information content (AvgIpc) is 3.31. The first-order valence-electron chi connectivity index (χ1n) is 13.3. The van der Waals surface area contributed by atoms with Gasteiger partial charge in [-0.1, -0.05) is 108 Å². The highest BCUT2D eigenvalue weighted by Crippen LogP contribution is 2.41. The number of rotatable bonds is 5. The van der Waals surface area contributed by atoms with Gasteiger partial charge >= 0.3 is 0 Å². The van der Waals surface area contributed by atoms with Gasteiger partial charge in [0, 0.05) is 16.1 Å². The third-order valence-electron chi connectivity index (χ3n) is 7.50. The zero-order valence-electron chi connectivity index (χ0n) is 21.6. The highest BCUT2D eigenvalue weighted by atomic mass is 35.5. The summed E-state index contributed by atoms with van der Waals surface area (Å²) in [6.45, 7) is 0.406. The predicted molar refractivity (Wildman–Crippen MR) is 161 cm³/mol. The normalized spacial score (nSPS) is 16.1. The minimum atomic E-state index is -0.181. The molecule has 4 nitrogen and oxygen atoms in total. The Balaban J connectivity index is 1.35. The van der Waals surface area contributed by atoms with Crippen LogP contribution in [0.2, 0.25) is 5.02 Å². The number of hydrogen-bond donors (Lipinski definition) is 0. The minimum absolute atomic E-state index is 0.0319. The number of aryl methyl sites for hydroxylation is 1. The molecule has 6 heteroatoms. The van der Waals surface area contributed by atoms with Gasteiger partial charge < -0.3 is 4.74 Å². The Morgan fingerprint density at radius 3 is 2.50 bits per heavy atom. The van der Waals surface area contributed by atoms with Crippen LogP contribution in [0, 0.1) is 0 Å². The van der Waals surface area contributed by atoms with Crippen LogP contribution in [0.5, 0.6) is 5.75 Å². The number of halogens is 1. The molecule has 1 aromatic heterocycles. The van der Waals surface area contributed by atoms with Crippen molar-refractivity contribution in [3.63, 3.8) is 0 Å². The second-order valence-electron chi connectivity index (χ2n) is 9.98. The van der Waals surface area contributed by atoms with Gasteiger partial charge in [0.15, 0.2) is 4.80 Å². The number of aromatic nitrogens is 1. The monoisotopic (exact) mass is 560 g/mol. The van der Waals surface area contributed by atoms with Crippen molar-refractivity contribution >= 4 is 34.7 Å². The lowest BCUT2D eigenvalue weighted by Gasteiger charge is -2.30. The Morgan fingerprint density at radius 1 is 0.900 bits per heavy atom. The van der Waals surface area contributed by atoms with E-state index in [-0.39, 0.29) is 11.6 Å². The standard InChI is InChI=1S/C34H25ClN2O2S/c35-26-17-14-22(15-18-26)21-39-29-13-7-5-11-25(29)20-30-33(38)37-32(24-9-2-1-3-10-24)28-19-16-23-8-4-6-12-27(23)31(28)36-34(37)40-30/h1-15,17-18,20,32H,16,19,21H2/b30-20-/t32-/m1/s1. The van der Waals surface area contributed by atoms with Crippen LogP contribution in [0.3, 0.4) is 0 Å². The molecule has 0 bridgehead atoms. The molecule has 5 aromatic rings. The summed E-state index contributed by atoms with van der Waals surface area (Å²) in [5, 5.41) is 0.693. The van der Waals surface area contributed by atoms with Crippen molar-refractivity contribution in [3.8, 4) is 5.75 Å². The van der Waals surface area contributed by atoms with Crippen molar-refractivity contribution in [2.45, 2.75) is 25.5 Å². The molecule has 0 radical (unpaired) electrons. The minimum Gasteiger partial charge on any atom is -0.488 e. The molecule has 2 heterocycles. The molecular formula is C34H25ClN2O2S. The molecule has 0 amide bonds. The van der Waals surface area contributed by atoms with Crippen LogP contribution in [-0.4, -0.2) is 4.57 Å². The summed E-state index contributed by atoms with van der Waals surface area (Å²) in [5.74, 6) is 0.719. The predicted octanol–water partition coefficient (Wildman–Crippen LogP) is 6.55. The maximum atomic E-state index is 14.1.